The Balaban J connectivity index is 1.90. The van der Waals surface area contributed by atoms with E-state index in [2.05, 4.69) is 0 Å². The lowest BCUT2D eigenvalue weighted by Crippen LogP contribution is -2.37. The summed E-state index contributed by atoms with van der Waals surface area (Å²) in [6.45, 7) is 1.74. The van der Waals surface area contributed by atoms with Crippen molar-refractivity contribution in [2.45, 2.75) is 25.8 Å². The first kappa shape index (κ1) is 13.6. The molecule has 21 heavy (non-hydrogen) atoms. The van der Waals surface area contributed by atoms with Crippen molar-refractivity contribution in [3.8, 4) is 0 Å². The second kappa shape index (κ2) is 5.55. The molecule has 2 aromatic rings. The summed E-state index contributed by atoms with van der Waals surface area (Å²) in [6.07, 6.45) is 5.00. The van der Waals surface area contributed by atoms with Crippen molar-refractivity contribution in [2.24, 2.45) is 0 Å². The van der Waals surface area contributed by atoms with Crippen molar-refractivity contribution in [2.75, 3.05) is 13.1 Å². The molecule has 1 fully saturated rings. The molecule has 1 saturated heterocycles. The number of hydrogen-bond acceptors (Lipinski definition) is 3. The average Bonchev–Trinajstić information content (AvgIpc) is 2.91. The molecule has 6 nitrogen and oxygen atoms in total. The Morgan fingerprint density at radius 1 is 1.19 bits per heavy atom. The summed E-state index contributed by atoms with van der Waals surface area (Å²) in [5, 5.41) is 11.9. The molecule has 0 N–H and O–H groups in total. The maximum atomic E-state index is 12.3. The summed E-state index contributed by atoms with van der Waals surface area (Å²) in [5.74, 6) is 0.0327. The topological polar surface area (TPSA) is 68.4 Å². The Morgan fingerprint density at radius 3 is 2.67 bits per heavy atom. The zero-order chi connectivity index (χ0) is 14.8. The second-order valence-electron chi connectivity index (χ2n) is 5.36. The molecule has 0 bridgehead atoms. The number of amides is 1. The van der Waals surface area contributed by atoms with E-state index < -0.39 is 4.92 Å². The van der Waals surface area contributed by atoms with Crippen LogP contribution in [-0.4, -0.2) is 33.4 Å². The van der Waals surface area contributed by atoms with Gasteiger partial charge < -0.3 is 9.47 Å². The van der Waals surface area contributed by atoms with Gasteiger partial charge in [0.25, 0.3) is 5.69 Å². The van der Waals surface area contributed by atoms with Gasteiger partial charge in [0.15, 0.2) is 0 Å². The highest BCUT2D eigenvalue weighted by atomic mass is 16.6. The summed E-state index contributed by atoms with van der Waals surface area (Å²) >= 11 is 0. The number of nitro benzene ring substituents is 1. The SMILES string of the molecule is O=C(Cn1ccc2cccc([N+](=O)[O-])c21)N1CCCCC1. The third kappa shape index (κ3) is 2.61. The molecule has 1 aliphatic rings. The van der Waals surface area contributed by atoms with Gasteiger partial charge in [-0.3, -0.25) is 14.9 Å². The Hall–Kier alpha value is -2.37. The van der Waals surface area contributed by atoms with E-state index in [-0.39, 0.29) is 18.1 Å². The molecular weight excluding hydrogens is 270 g/mol. The van der Waals surface area contributed by atoms with E-state index in [0.29, 0.717) is 5.52 Å². The third-order valence-corrected chi connectivity index (χ3v) is 3.98. The van der Waals surface area contributed by atoms with Crippen molar-refractivity contribution in [3.63, 3.8) is 0 Å². The van der Waals surface area contributed by atoms with Crippen molar-refractivity contribution in [1.29, 1.82) is 0 Å². The smallest absolute Gasteiger partial charge is 0.293 e. The fourth-order valence-corrected chi connectivity index (χ4v) is 2.91. The van der Waals surface area contributed by atoms with Gasteiger partial charge in [-0.25, -0.2) is 0 Å². The van der Waals surface area contributed by atoms with Gasteiger partial charge in [-0.1, -0.05) is 12.1 Å². The van der Waals surface area contributed by atoms with Crippen LogP contribution in [0.3, 0.4) is 0 Å². The fourth-order valence-electron chi connectivity index (χ4n) is 2.91. The summed E-state index contributed by atoms with van der Waals surface area (Å²) in [5.41, 5.74) is 0.566. The minimum Gasteiger partial charge on any atom is -0.341 e. The second-order valence-corrected chi connectivity index (χ2v) is 5.36. The molecular formula is C15H17N3O3. The molecule has 6 heteroatoms. The van der Waals surface area contributed by atoms with Crippen LogP contribution in [0.2, 0.25) is 0 Å². The Labute approximate surface area is 122 Å². The largest absolute Gasteiger partial charge is 0.341 e. The summed E-state index contributed by atoms with van der Waals surface area (Å²) in [4.78, 5) is 24.9. The normalized spacial score (nSPS) is 15.3. The molecule has 3 rings (SSSR count). The van der Waals surface area contributed by atoms with Gasteiger partial charge in [-0.05, 0) is 25.3 Å². The van der Waals surface area contributed by atoms with Gasteiger partial charge in [0.2, 0.25) is 5.91 Å². The van der Waals surface area contributed by atoms with Gasteiger partial charge in [-0.15, -0.1) is 0 Å². The lowest BCUT2D eigenvalue weighted by Gasteiger charge is -2.26. The van der Waals surface area contributed by atoms with Crippen LogP contribution in [0.4, 0.5) is 5.69 Å². The number of benzene rings is 1. The van der Waals surface area contributed by atoms with Crippen molar-refractivity contribution < 1.29 is 9.72 Å². The molecule has 2 heterocycles. The number of aromatic nitrogens is 1. The molecule has 1 aromatic carbocycles. The lowest BCUT2D eigenvalue weighted by molar-refractivity contribution is -0.383. The number of nitrogens with zero attached hydrogens (tertiary/aromatic N) is 3. The van der Waals surface area contributed by atoms with E-state index in [0.717, 1.165) is 31.3 Å². The number of fused-ring (bicyclic) bond motifs is 1. The lowest BCUT2D eigenvalue weighted by atomic mass is 10.1. The summed E-state index contributed by atoms with van der Waals surface area (Å²) < 4.78 is 1.68. The molecule has 1 amide bonds. The van der Waals surface area contributed by atoms with Crippen molar-refractivity contribution >= 4 is 22.5 Å². The van der Waals surface area contributed by atoms with E-state index in [9.17, 15) is 14.9 Å². The molecule has 110 valence electrons. The predicted octanol–water partition coefficient (Wildman–Crippen LogP) is 2.56. The minimum atomic E-state index is -0.399. The first-order valence-corrected chi connectivity index (χ1v) is 7.17. The van der Waals surface area contributed by atoms with E-state index in [1.807, 2.05) is 17.0 Å². The molecule has 0 aliphatic carbocycles. The van der Waals surface area contributed by atoms with Crippen LogP contribution in [0, 0.1) is 10.1 Å². The average molecular weight is 287 g/mol. The minimum absolute atomic E-state index is 0.0327. The van der Waals surface area contributed by atoms with E-state index in [4.69, 9.17) is 0 Å². The third-order valence-electron chi connectivity index (χ3n) is 3.98. The van der Waals surface area contributed by atoms with Gasteiger partial charge in [-0.2, -0.15) is 0 Å². The number of carbonyl (C=O) groups excluding carboxylic acids is 1. The Kier molecular flexibility index (Phi) is 3.60. The number of rotatable bonds is 3. The maximum Gasteiger partial charge on any atom is 0.293 e. The highest BCUT2D eigenvalue weighted by Crippen LogP contribution is 2.26. The predicted molar refractivity (Wildman–Crippen MR) is 79.0 cm³/mol. The number of carbonyl (C=O) groups is 1. The zero-order valence-electron chi connectivity index (χ0n) is 11.7. The van der Waals surface area contributed by atoms with E-state index >= 15 is 0 Å². The Bertz CT molecular complexity index is 687. The monoisotopic (exact) mass is 287 g/mol. The highest BCUT2D eigenvalue weighted by Gasteiger charge is 2.20. The van der Waals surface area contributed by atoms with Crippen molar-refractivity contribution in [1.82, 2.24) is 9.47 Å². The molecule has 1 aliphatic heterocycles. The van der Waals surface area contributed by atoms with Gasteiger partial charge in [0.1, 0.15) is 12.1 Å². The molecule has 0 radical (unpaired) electrons. The number of nitro groups is 1. The van der Waals surface area contributed by atoms with Crippen LogP contribution in [0.15, 0.2) is 30.5 Å². The molecule has 0 saturated carbocycles. The number of hydrogen-bond donors (Lipinski definition) is 0. The van der Waals surface area contributed by atoms with Crippen LogP contribution in [0.5, 0.6) is 0 Å². The van der Waals surface area contributed by atoms with Crippen LogP contribution < -0.4 is 0 Å². The summed E-state index contributed by atoms with van der Waals surface area (Å²) in [6, 6.07) is 6.78. The zero-order valence-corrected chi connectivity index (χ0v) is 11.7. The first-order valence-electron chi connectivity index (χ1n) is 7.17. The first-order chi connectivity index (χ1) is 10.2. The van der Waals surface area contributed by atoms with E-state index in [1.54, 1.807) is 16.8 Å². The summed E-state index contributed by atoms with van der Waals surface area (Å²) in [7, 11) is 0. The van der Waals surface area contributed by atoms with Crippen molar-refractivity contribution in [3.05, 3.63) is 40.6 Å². The molecule has 0 spiro atoms. The number of likely N-dealkylation sites (tertiary alicyclic amines) is 1. The van der Waals surface area contributed by atoms with Gasteiger partial charge in [0, 0.05) is 30.7 Å². The van der Waals surface area contributed by atoms with E-state index in [1.165, 1.54) is 12.5 Å². The number of para-hydroxylation sites is 1. The van der Waals surface area contributed by atoms with Crippen LogP contribution >= 0.6 is 0 Å². The molecule has 0 unspecified atom stereocenters. The Morgan fingerprint density at radius 2 is 1.95 bits per heavy atom. The standard InChI is InChI=1S/C15H17N3O3/c19-14(16-8-2-1-3-9-16)11-17-10-7-12-5-4-6-13(15(12)17)18(20)21/h4-7,10H,1-3,8-9,11H2. The van der Waals surface area contributed by atoms with Crippen LogP contribution in [0.1, 0.15) is 19.3 Å². The van der Waals surface area contributed by atoms with Gasteiger partial charge in [0.05, 0.1) is 4.92 Å². The molecule has 1 aromatic heterocycles. The fraction of sp³-hybridized carbons (Fsp3) is 0.400. The maximum absolute atomic E-state index is 12.3. The van der Waals surface area contributed by atoms with Crippen LogP contribution in [0.25, 0.3) is 10.9 Å². The quantitative estimate of drug-likeness (QED) is 0.643. The van der Waals surface area contributed by atoms with Gasteiger partial charge >= 0.3 is 0 Å². The van der Waals surface area contributed by atoms with Crippen LogP contribution in [-0.2, 0) is 11.3 Å². The highest BCUT2D eigenvalue weighted by molar-refractivity contribution is 5.90. The molecule has 0 atom stereocenters. The number of non-ortho nitro benzene ring substituents is 1. The number of piperidine rings is 1.